The molecule has 0 aliphatic carbocycles. The first kappa shape index (κ1) is 21.4. The van der Waals surface area contributed by atoms with E-state index < -0.39 is 5.91 Å². The Morgan fingerprint density at radius 1 is 1.21 bits per heavy atom. The van der Waals surface area contributed by atoms with E-state index in [4.69, 9.17) is 22.1 Å². The van der Waals surface area contributed by atoms with Crippen LogP contribution in [0.2, 0.25) is 5.02 Å². The van der Waals surface area contributed by atoms with Gasteiger partial charge in [0.15, 0.2) is 0 Å². The molecule has 0 aromatic heterocycles. The Morgan fingerprint density at radius 2 is 2.03 bits per heavy atom. The van der Waals surface area contributed by atoms with Gasteiger partial charge < -0.3 is 20.3 Å². The first-order chi connectivity index (χ1) is 13.9. The first-order valence-electron chi connectivity index (χ1n) is 10.2. The van der Waals surface area contributed by atoms with Crippen LogP contribution in [0.25, 0.3) is 0 Å². The van der Waals surface area contributed by atoms with E-state index >= 15 is 0 Å². The van der Waals surface area contributed by atoms with Gasteiger partial charge in [0.1, 0.15) is 11.9 Å². The minimum atomic E-state index is -0.424. The highest BCUT2D eigenvalue weighted by Gasteiger charge is 2.34. The third-order valence-electron chi connectivity index (χ3n) is 5.56. The molecule has 2 saturated heterocycles. The number of hydrogen-bond acceptors (Lipinski definition) is 4. The molecule has 158 valence electrons. The predicted octanol–water partition coefficient (Wildman–Crippen LogP) is 2.21. The van der Waals surface area contributed by atoms with Crippen molar-refractivity contribution in [1.29, 1.82) is 0 Å². The number of nitrogens with two attached hydrogens (primary N) is 1. The lowest BCUT2D eigenvalue weighted by Crippen LogP contribution is -2.51. The maximum absolute atomic E-state index is 12.8. The van der Waals surface area contributed by atoms with Gasteiger partial charge in [-0.3, -0.25) is 14.4 Å². The summed E-state index contributed by atoms with van der Waals surface area (Å²) in [5.41, 5.74) is 5.44. The van der Waals surface area contributed by atoms with Gasteiger partial charge in [-0.25, -0.2) is 0 Å². The van der Waals surface area contributed by atoms with Gasteiger partial charge in [0.25, 0.3) is 0 Å². The molecule has 2 atom stereocenters. The van der Waals surface area contributed by atoms with Crippen molar-refractivity contribution in [2.45, 2.75) is 44.6 Å². The van der Waals surface area contributed by atoms with Crippen molar-refractivity contribution < 1.29 is 19.1 Å². The second kappa shape index (κ2) is 9.96. The smallest absolute Gasteiger partial charge is 0.242 e. The summed E-state index contributed by atoms with van der Waals surface area (Å²) >= 11 is 6.02. The van der Waals surface area contributed by atoms with Crippen molar-refractivity contribution in [3.63, 3.8) is 0 Å². The average Bonchev–Trinajstić information content (AvgIpc) is 2.87. The summed E-state index contributed by atoms with van der Waals surface area (Å²) < 4.78 is 6.07. The van der Waals surface area contributed by atoms with Gasteiger partial charge in [0.05, 0.1) is 6.54 Å². The van der Waals surface area contributed by atoms with Crippen LogP contribution < -0.4 is 10.5 Å². The van der Waals surface area contributed by atoms with Crippen molar-refractivity contribution in [3.8, 4) is 5.75 Å². The lowest BCUT2D eigenvalue weighted by molar-refractivity contribution is -0.142. The standard InChI is InChI=1S/C21H28ClN3O4/c22-16-5-4-6-17(12-16)29-18-8-10-25(13-15(18)11-19(23)26)21(28)14-24-9-3-1-2-7-20(24)27/h4-6,12,15,18H,1-3,7-11,13-14H2,(H2,23,26)/t15-,18-/m0/s1. The molecule has 0 saturated carbocycles. The summed E-state index contributed by atoms with van der Waals surface area (Å²) in [6.07, 6.45) is 3.83. The van der Waals surface area contributed by atoms with E-state index in [1.165, 1.54) is 0 Å². The van der Waals surface area contributed by atoms with Crippen LogP contribution in [0, 0.1) is 5.92 Å². The molecule has 29 heavy (non-hydrogen) atoms. The number of carbonyl (C=O) groups excluding carboxylic acids is 3. The Labute approximate surface area is 176 Å². The van der Waals surface area contributed by atoms with Crippen LogP contribution in [0.15, 0.2) is 24.3 Å². The molecule has 2 fully saturated rings. The van der Waals surface area contributed by atoms with Crippen LogP contribution in [-0.4, -0.2) is 59.8 Å². The largest absolute Gasteiger partial charge is 0.490 e. The number of primary amides is 1. The fourth-order valence-corrected chi connectivity index (χ4v) is 4.21. The fraction of sp³-hybridized carbons (Fsp3) is 0.571. The Bertz CT molecular complexity index is 757. The molecule has 2 heterocycles. The molecular weight excluding hydrogens is 394 g/mol. The molecule has 1 aromatic carbocycles. The van der Waals surface area contributed by atoms with Crippen LogP contribution in [0.4, 0.5) is 0 Å². The van der Waals surface area contributed by atoms with E-state index in [1.54, 1.807) is 28.0 Å². The number of halogens is 1. The Kier molecular flexibility index (Phi) is 7.36. The van der Waals surface area contributed by atoms with Crippen LogP contribution in [0.1, 0.15) is 38.5 Å². The molecule has 8 heteroatoms. The van der Waals surface area contributed by atoms with Crippen molar-refractivity contribution in [3.05, 3.63) is 29.3 Å². The minimum absolute atomic E-state index is 0.0451. The quantitative estimate of drug-likeness (QED) is 0.762. The second-order valence-electron chi connectivity index (χ2n) is 7.80. The third-order valence-corrected chi connectivity index (χ3v) is 5.80. The number of ether oxygens (including phenoxy) is 1. The normalized spacial score (nSPS) is 22.9. The summed E-state index contributed by atoms with van der Waals surface area (Å²) in [6.45, 7) is 1.63. The van der Waals surface area contributed by atoms with Crippen molar-refractivity contribution >= 4 is 29.3 Å². The Morgan fingerprint density at radius 3 is 2.79 bits per heavy atom. The van der Waals surface area contributed by atoms with Crippen LogP contribution in [-0.2, 0) is 14.4 Å². The fourth-order valence-electron chi connectivity index (χ4n) is 4.03. The summed E-state index contributed by atoms with van der Waals surface area (Å²) in [7, 11) is 0. The summed E-state index contributed by atoms with van der Waals surface area (Å²) in [5, 5.41) is 0.573. The molecule has 3 rings (SSSR count). The van der Waals surface area contributed by atoms with Gasteiger partial charge >= 0.3 is 0 Å². The third kappa shape index (κ3) is 6.10. The van der Waals surface area contributed by atoms with Crippen molar-refractivity contribution in [2.24, 2.45) is 11.7 Å². The van der Waals surface area contributed by atoms with E-state index in [-0.39, 0.29) is 36.8 Å². The highest BCUT2D eigenvalue weighted by molar-refractivity contribution is 6.30. The number of amides is 3. The SMILES string of the molecule is NC(=O)C[C@H]1CN(C(=O)CN2CCCCCC2=O)CC[C@@H]1Oc1cccc(Cl)c1. The Balaban J connectivity index is 1.63. The molecule has 0 spiro atoms. The molecule has 0 unspecified atom stereocenters. The summed E-state index contributed by atoms with van der Waals surface area (Å²) in [5.74, 6) is -0.0396. The molecule has 7 nitrogen and oxygen atoms in total. The van der Waals surface area contributed by atoms with Crippen LogP contribution in [0.5, 0.6) is 5.75 Å². The molecule has 0 radical (unpaired) electrons. The van der Waals surface area contributed by atoms with Gasteiger partial charge in [-0.1, -0.05) is 24.1 Å². The second-order valence-corrected chi connectivity index (χ2v) is 8.24. The van der Waals surface area contributed by atoms with E-state index in [9.17, 15) is 14.4 Å². The highest BCUT2D eigenvalue weighted by atomic mass is 35.5. The van der Waals surface area contributed by atoms with Gasteiger partial charge in [-0.15, -0.1) is 0 Å². The molecule has 2 aliphatic heterocycles. The topological polar surface area (TPSA) is 92.9 Å². The van der Waals surface area contributed by atoms with Gasteiger partial charge in [0, 0.05) is 49.8 Å². The van der Waals surface area contributed by atoms with Gasteiger partial charge in [-0.2, -0.15) is 0 Å². The first-order valence-corrected chi connectivity index (χ1v) is 10.6. The molecule has 3 amide bonds. The average molecular weight is 422 g/mol. The zero-order valence-corrected chi connectivity index (χ0v) is 17.3. The van der Waals surface area contributed by atoms with Crippen molar-refractivity contribution in [1.82, 2.24) is 9.80 Å². The van der Waals surface area contributed by atoms with E-state index in [0.717, 1.165) is 19.3 Å². The van der Waals surface area contributed by atoms with Crippen LogP contribution in [0.3, 0.4) is 0 Å². The number of likely N-dealkylation sites (tertiary alicyclic amines) is 2. The molecule has 2 N–H and O–H groups in total. The number of rotatable bonds is 6. The zero-order valence-electron chi connectivity index (χ0n) is 16.5. The number of piperidine rings is 1. The lowest BCUT2D eigenvalue weighted by Gasteiger charge is -2.39. The van der Waals surface area contributed by atoms with Crippen LogP contribution >= 0.6 is 11.6 Å². The van der Waals surface area contributed by atoms with Crippen molar-refractivity contribution in [2.75, 3.05) is 26.2 Å². The van der Waals surface area contributed by atoms with Gasteiger partial charge in [0.2, 0.25) is 17.7 Å². The van der Waals surface area contributed by atoms with E-state index in [0.29, 0.717) is 43.2 Å². The zero-order chi connectivity index (χ0) is 20.8. The molecule has 0 bridgehead atoms. The van der Waals surface area contributed by atoms with Gasteiger partial charge in [-0.05, 0) is 31.0 Å². The maximum atomic E-state index is 12.8. The number of nitrogens with zero attached hydrogens (tertiary/aromatic N) is 2. The summed E-state index contributed by atoms with van der Waals surface area (Å²) in [6, 6.07) is 7.11. The molecule has 1 aromatic rings. The molecular formula is C21H28ClN3O4. The predicted molar refractivity (Wildman–Crippen MR) is 109 cm³/mol. The Hall–Kier alpha value is -2.28. The molecule has 2 aliphatic rings. The highest BCUT2D eigenvalue weighted by Crippen LogP contribution is 2.27. The number of hydrogen-bond donors (Lipinski definition) is 1. The number of carbonyl (C=O) groups is 3. The minimum Gasteiger partial charge on any atom is -0.490 e. The number of benzene rings is 1. The lowest BCUT2D eigenvalue weighted by atomic mass is 9.91. The summed E-state index contributed by atoms with van der Waals surface area (Å²) in [4.78, 5) is 40.0. The maximum Gasteiger partial charge on any atom is 0.242 e. The van der Waals surface area contributed by atoms with E-state index in [2.05, 4.69) is 0 Å². The van der Waals surface area contributed by atoms with E-state index in [1.807, 2.05) is 6.07 Å². The monoisotopic (exact) mass is 421 g/mol.